The molecule has 2 N–H and O–H groups in total. The van der Waals surface area contributed by atoms with Crippen LogP contribution in [0.5, 0.6) is 0 Å². The number of rotatable bonds is 4. The fraction of sp³-hybridized carbons (Fsp3) is 0.562. The summed E-state index contributed by atoms with van der Waals surface area (Å²) in [4.78, 5) is 17.5. The molecule has 21 heavy (non-hydrogen) atoms. The zero-order valence-corrected chi connectivity index (χ0v) is 12.2. The van der Waals surface area contributed by atoms with E-state index in [4.69, 9.17) is 0 Å². The Labute approximate surface area is 123 Å². The van der Waals surface area contributed by atoms with Crippen LogP contribution in [-0.4, -0.2) is 46.7 Å². The van der Waals surface area contributed by atoms with Crippen LogP contribution in [0.3, 0.4) is 0 Å². The van der Waals surface area contributed by atoms with Gasteiger partial charge >= 0.3 is 5.69 Å². The molecule has 5 heteroatoms. The van der Waals surface area contributed by atoms with E-state index in [-0.39, 0.29) is 5.69 Å². The van der Waals surface area contributed by atoms with E-state index in [1.165, 1.54) is 32.5 Å². The Kier molecular flexibility index (Phi) is 3.31. The van der Waals surface area contributed by atoms with Crippen LogP contribution in [-0.2, 0) is 6.54 Å². The lowest BCUT2D eigenvalue weighted by Crippen LogP contribution is -2.56. The van der Waals surface area contributed by atoms with Gasteiger partial charge in [-0.05, 0) is 44.0 Å². The van der Waals surface area contributed by atoms with Crippen molar-refractivity contribution < 1.29 is 0 Å². The van der Waals surface area contributed by atoms with Gasteiger partial charge in [0, 0.05) is 25.7 Å². The smallest absolute Gasteiger partial charge is 0.311 e. The van der Waals surface area contributed by atoms with Crippen LogP contribution in [0.25, 0.3) is 11.0 Å². The number of hydrogen-bond donors (Lipinski definition) is 2. The van der Waals surface area contributed by atoms with Crippen molar-refractivity contribution in [2.75, 3.05) is 26.2 Å². The molecule has 3 aliphatic rings. The summed E-state index contributed by atoms with van der Waals surface area (Å²) in [6, 6.07) is 8.49. The van der Waals surface area contributed by atoms with Gasteiger partial charge in [0.1, 0.15) is 0 Å². The Morgan fingerprint density at radius 1 is 1.24 bits per heavy atom. The monoisotopic (exact) mass is 286 g/mol. The highest BCUT2D eigenvalue weighted by Gasteiger charge is 2.33. The third-order valence-corrected chi connectivity index (χ3v) is 5.08. The fourth-order valence-corrected chi connectivity index (χ4v) is 3.89. The molecule has 2 bridgehead atoms. The van der Waals surface area contributed by atoms with Crippen molar-refractivity contribution in [2.24, 2.45) is 5.92 Å². The number of fused-ring (bicyclic) bond motifs is 4. The second-order valence-electron chi connectivity index (χ2n) is 6.30. The summed E-state index contributed by atoms with van der Waals surface area (Å²) in [5, 5.41) is 3.67. The van der Waals surface area contributed by atoms with Gasteiger partial charge in [-0.3, -0.25) is 4.57 Å². The molecule has 3 fully saturated rings. The van der Waals surface area contributed by atoms with Gasteiger partial charge in [0.05, 0.1) is 11.0 Å². The maximum atomic E-state index is 12.0. The average molecular weight is 286 g/mol. The largest absolute Gasteiger partial charge is 0.326 e. The topological polar surface area (TPSA) is 53.1 Å². The lowest BCUT2D eigenvalue weighted by Gasteiger charge is -2.45. The van der Waals surface area contributed by atoms with Gasteiger partial charge in [-0.2, -0.15) is 0 Å². The van der Waals surface area contributed by atoms with Crippen LogP contribution in [0.1, 0.15) is 12.8 Å². The number of para-hydroxylation sites is 2. The van der Waals surface area contributed by atoms with Crippen molar-refractivity contribution in [3.63, 3.8) is 0 Å². The predicted molar refractivity (Wildman–Crippen MR) is 83.5 cm³/mol. The maximum absolute atomic E-state index is 12.0. The molecule has 2 aromatic rings. The van der Waals surface area contributed by atoms with E-state index < -0.39 is 0 Å². The highest BCUT2D eigenvalue weighted by atomic mass is 16.1. The van der Waals surface area contributed by atoms with Crippen molar-refractivity contribution in [1.29, 1.82) is 0 Å². The first-order valence-electron chi connectivity index (χ1n) is 7.94. The summed E-state index contributed by atoms with van der Waals surface area (Å²) >= 11 is 0. The van der Waals surface area contributed by atoms with Crippen LogP contribution in [0, 0.1) is 5.92 Å². The fourth-order valence-electron chi connectivity index (χ4n) is 3.89. The normalized spacial score (nSPS) is 28.3. The van der Waals surface area contributed by atoms with Crippen LogP contribution >= 0.6 is 0 Å². The molecular formula is C16H22N4O. The molecule has 0 saturated carbocycles. The molecule has 4 heterocycles. The second kappa shape index (κ2) is 5.31. The first-order chi connectivity index (χ1) is 10.3. The summed E-state index contributed by atoms with van der Waals surface area (Å²) in [6.45, 7) is 5.30. The van der Waals surface area contributed by atoms with Crippen LogP contribution in [0.15, 0.2) is 29.1 Å². The molecule has 0 amide bonds. The number of imidazole rings is 1. The third kappa shape index (κ3) is 2.40. The minimum Gasteiger partial charge on any atom is -0.311 e. The SMILES string of the molecule is O=c1[nH]c2ccccc2n1CCN[C@@H]1CN2CCC1CC2. The zero-order valence-electron chi connectivity index (χ0n) is 12.2. The molecule has 1 aromatic heterocycles. The molecule has 0 radical (unpaired) electrons. The predicted octanol–water partition coefficient (Wildman–Crippen LogP) is 1.01. The first-order valence-corrected chi connectivity index (χ1v) is 7.94. The van der Waals surface area contributed by atoms with Gasteiger partial charge in [-0.1, -0.05) is 12.1 Å². The summed E-state index contributed by atoms with van der Waals surface area (Å²) in [6.07, 6.45) is 2.65. The van der Waals surface area contributed by atoms with Crippen LogP contribution in [0.2, 0.25) is 0 Å². The molecule has 5 rings (SSSR count). The van der Waals surface area contributed by atoms with Gasteiger partial charge < -0.3 is 15.2 Å². The molecule has 3 aliphatic heterocycles. The molecule has 0 unspecified atom stereocenters. The second-order valence-corrected chi connectivity index (χ2v) is 6.30. The average Bonchev–Trinajstić information content (AvgIpc) is 2.85. The minimum atomic E-state index is -0.00749. The van der Waals surface area contributed by atoms with Crippen LogP contribution in [0.4, 0.5) is 0 Å². The lowest BCUT2D eigenvalue weighted by atomic mass is 9.84. The Balaban J connectivity index is 1.42. The van der Waals surface area contributed by atoms with E-state index in [1.807, 2.05) is 28.8 Å². The van der Waals surface area contributed by atoms with Crippen molar-refractivity contribution in [3.05, 3.63) is 34.7 Å². The van der Waals surface area contributed by atoms with E-state index in [1.54, 1.807) is 0 Å². The number of aromatic amines is 1. The van der Waals surface area contributed by atoms with Gasteiger partial charge in [-0.15, -0.1) is 0 Å². The number of aromatic nitrogens is 2. The van der Waals surface area contributed by atoms with Crippen molar-refractivity contribution in [3.8, 4) is 0 Å². The highest BCUT2D eigenvalue weighted by molar-refractivity contribution is 5.74. The zero-order chi connectivity index (χ0) is 14.2. The number of piperidine rings is 3. The van der Waals surface area contributed by atoms with Gasteiger partial charge in [-0.25, -0.2) is 4.79 Å². The molecule has 3 saturated heterocycles. The van der Waals surface area contributed by atoms with Crippen LogP contribution < -0.4 is 11.0 Å². The minimum absolute atomic E-state index is 0.00749. The quantitative estimate of drug-likeness (QED) is 0.882. The maximum Gasteiger partial charge on any atom is 0.326 e. The Morgan fingerprint density at radius 2 is 2.05 bits per heavy atom. The molecular weight excluding hydrogens is 264 g/mol. The standard InChI is InChI=1S/C16H22N4O/c21-16-18-13-3-1-2-4-15(13)20(16)10-7-17-14-11-19-8-5-12(14)6-9-19/h1-4,12,14,17H,5-11H2,(H,18,21)/t14-/m1/s1. The number of nitrogens with zero attached hydrogens (tertiary/aromatic N) is 2. The van der Waals surface area contributed by atoms with Crippen molar-refractivity contribution >= 4 is 11.0 Å². The Bertz CT molecular complexity index is 681. The first kappa shape index (κ1) is 13.1. The van der Waals surface area contributed by atoms with Crippen molar-refractivity contribution in [2.45, 2.75) is 25.4 Å². The number of hydrogen-bond acceptors (Lipinski definition) is 3. The Morgan fingerprint density at radius 3 is 2.81 bits per heavy atom. The number of nitrogens with one attached hydrogen (secondary N) is 2. The summed E-state index contributed by atoms with van der Waals surface area (Å²) in [7, 11) is 0. The highest BCUT2D eigenvalue weighted by Crippen LogP contribution is 2.27. The molecule has 1 aromatic carbocycles. The molecule has 0 aliphatic carbocycles. The van der Waals surface area contributed by atoms with Gasteiger partial charge in [0.25, 0.3) is 0 Å². The number of benzene rings is 1. The summed E-state index contributed by atoms with van der Waals surface area (Å²) in [5.41, 5.74) is 1.91. The Hall–Kier alpha value is -1.59. The van der Waals surface area contributed by atoms with Crippen molar-refractivity contribution in [1.82, 2.24) is 19.8 Å². The van der Waals surface area contributed by atoms with E-state index in [9.17, 15) is 4.79 Å². The molecule has 5 nitrogen and oxygen atoms in total. The molecule has 112 valence electrons. The summed E-state index contributed by atoms with van der Waals surface area (Å²) < 4.78 is 1.84. The third-order valence-electron chi connectivity index (χ3n) is 5.08. The molecule has 0 spiro atoms. The van der Waals surface area contributed by atoms with Gasteiger partial charge in [0.2, 0.25) is 0 Å². The molecule has 1 atom stereocenters. The summed E-state index contributed by atoms with van der Waals surface area (Å²) in [5.74, 6) is 0.828. The van der Waals surface area contributed by atoms with E-state index in [0.717, 1.165) is 30.0 Å². The lowest BCUT2D eigenvalue weighted by molar-refractivity contribution is 0.0725. The van der Waals surface area contributed by atoms with E-state index >= 15 is 0 Å². The van der Waals surface area contributed by atoms with E-state index in [0.29, 0.717) is 6.04 Å². The van der Waals surface area contributed by atoms with Gasteiger partial charge in [0.15, 0.2) is 0 Å². The number of H-pyrrole nitrogens is 1. The van der Waals surface area contributed by atoms with E-state index in [2.05, 4.69) is 15.2 Å².